The Morgan fingerprint density at radius 3 is 2.57 bits per heavy atom. The third-order valence-electron chi connectivity index (χ3n) is 2.91. The van der Waals surface area contributed by atoms with Crippen LogP contribution in [-0.4, -0.2) is 52.6 Å². The van der Waals surface area contributed by atoms with Crippen molar-refractivity contribution < 1.29 is 13.2 Å². The van der Waals surface area contributed by atoms with Crippen molar-refractivity contribution in [2.24, 2.45) is 4.99 Å². The van der Waals surface area contributed by atoms with Gasteiger partial charge in [0.15, 0.2) is 5.96 Å². The maximum absolute atomic E-state index is 11.1. The van der Waals surface area contributed by atoms with E-state index in [-0.39, 0.29) is 5.75 Å². The van der Waals surface area contributed by atoms with Gasteiger partial charge in [0.05, 0.1) is 12.4 Å². The largest absolute Gasteiger partial charge is 0.494 e. The van der Waals surface area contributed by atoms with Crippen LogP contribution in [0.1, 0.15) is 19.8 Å². The number of aliphatic imine (C=N–C) groups is 1. The number of guanidine groups is 1. The van der Waals surface area contributed by atoms with Gasteiger partial charge in [-0.05, 0) is 25.5 Å². The Hall–Kier alpha value is -1.76. The van der Waals surface area contributed by atoms with Crippen molar-refractivity contribution in [3.05, 3.63) is 30.3 Å². The molecular formula is C16H27N3O3S. The van der Waals surface area contributed by atoms with Gasteiger partial charge in [-0.15, -0.1) is 0 Å². The average Bonchev–Trinajstić information content (AvgIpc) is 2.51. The third kappa shape index (κ3) is 10.6. The van der Waals surface area contributed by atoms with Gasteiger partial charge in [0, 0.05) is 32.3 Å². The lowest BCUT2D eigenvalue weighted by molar-refractivity contribution is 0.313. The zero-order chi connectivity index (χ0) is 17.0. The Labute approximate surface area is 139 Å². The van der Waals surface area contributed by atoms with Crippen LogP contribution in [0.3, 0.4) is 0 Å². The smallest absolute Gasteiger partial charge is 0.191 e. The molecule has 0 heterocycles. The summed E-state index contributed by atoms with van der Waals surface area (Å²) in [5.74, 6) is 1.76. The third-order valence-corrected chi connectivity index (χ3v) is 3.94. The summed E-state index contributed by atoms with van der Waals surface area (Å²) in [5.41, 5.74) is 0. The first-order valence-corrected chi connectivity index (χ1v) is 9.95. The second kappa shape index (κ2) is 10.9. The Bertz CT molecular complexity index is 559. The number of para-hydroxylation sites is 1. The lowest BCUT2D eigenvalue weighted by atomic mass is 10.3. The fourth-order valence-electron chi connectivity index (χ4n) is 1.85. The van der Waals surface area contributed by atoms with E-state index in [9.17, 15) is 8.42 Å². The molecule has 0 atom stereocenters. The number of hydrogen-bond donors (Lipinski definition) is 2. The summed E-state index contributed by atoms with van der Waals surface area (Å²) < 4.78 is 27.8. The normalized spacial score (nSPS) is 12.0. The van der Waals surface area contributed by atoms with E-state index in [1.165, 1.54) is 6.26 Å². The van der Waals surface area contributed by atoms with Gasteiger partial charge in [0.1, 0.15) is 15.6 Å². The monoisotopic (exact) mass is 341 g/mol. The quantitative estimate of drug-likeness (QED) is 0.382. The summed E-state index contributed by atoms with van der Waals surface area (Å²) >= 11 is 0. The number of ether oxygens (including phenoxy) is 1. The van der Waals surface area contributed by atoms with Crippen LogP contribution in [0.5, 0.6) is 5.75 Å². The Kier molecular flexibility index (Phi) is 9.12. The van der Waals surface area contributed by atoms with E-state index < -0.39 is 9.84 Å². The second-order valence-corrected chi connectivity index (χ2v) is 7.45. The lowest BCUT2D eigenvalue weighted by Crippen LogP contribution is -2.38. The van der Waals surface area contributed by atoms with Crippen molar-refractivity contribution in [1.82, 2.24) is 10.6 Å². The van der Waals surface area contributed by atoms with Crippen molar-refractivity contribution in [1.29, 1.82) is 0 Å². The van der Waals surface area contributed by atoms with Gasteiger partial charge in [-0.3, -0.25) is 4.99 Å². The highest BCUT2D eigenvalue weighted by atomic mass is 32.2. The molecule has 0 aromatic heterocycles. The number of nitrogens with zero attached hydrogens (tertiary/aromatic N) is 1. The van der Waals surface area contributed by atoms with Crippen LogP contribution in [0.25, 0.3) is 0 Å². The summed E-state index contributed by atoms with van der Waals surface area (Å²) in [5, 5.41) is 6.27. The van der Waals surface area contributed by atoms with Crippen molar-refractivity contribution in [3.63, 3.8) is 0 Å². The van der Waals surface area contributed by atoms with E-state index in [0.717, 1.165) is 18.7 Å². The Balaban J connectivity index is 2.23. The molecule has 0 bridgehead atoms. The molecule has 1 aromatic rings. The minimum absolute atomic E-state index is 0.185. The summed E-state index contributed by atoms with van der Waals surface area (Å²) in [6.45, 7) is 4.60. The van der Waals surface area contributed by atoms with Crippen LogP contribution < -0.4 is 15.4 Å². The zero-order valence-corrected chi connectivity index (χ0v) is 14.7. The van der Waals surface area contributed by atoms with Gasteiger partial charge in [-0.25, -0.2) is 8.42 Å². The van der Waals surface area contributed by atoms with Gasteiger partial charge in [0.25, 0.3) is 0 Å². The Morgan fingerprint density at radius 2 is 1.91 bits per heavy atom. The molecule has 0 spiro atoms. The molecule has 0 fully saturated rings. The summed E-state index contributed by atoms with van der Waals surface area (Å²) in [6, 6.07) is 9.69. The number of benzene rings is 1. The number of rotatable bonds is 10. The molecule has 0 unspecified atom stereocenters. The maximum atomic E-state index is 11.1. The highest BCUT2D eigenvalue weighted by Gasteiger charge is 2.02. The van der Waals surface area contributed by atoms with Crippen LogP contribution in [0, 0.1) is 0 Å². The van der Waals surface area contributed by atoms with Crippen LogP contribution in [-0.2, 0) is 9.84 Å². The molecule has 1 rings (SSSR count). The summed E-state index contributed by atoms with van der Waals surface area (Å²) in [6.07, 6.45) is 2.63. The summed E-state index contributed by atoms with van der Waals surface area (Å²) in [7, 11) is -2.90. The minimum Gasteiger partial charge on any atom is -0.494 e. The number of sulfone groups is 1. The van der Waals surface area contributed by atoms with Crippen LogP contribution in [0.15, 0.2) is 35.3 Å². The van der Waals surface area contributed by atoms with E-state index in [2.05, 4.69) is 15.6 Å². The van der Waals surface area contributed by atoms with Crippen LogP contribution >= 0.6 is 0 Å². The number of nitrogens with one attached hydrogen (secondary N) is 2. The highest BCUT2D eigenvalue weighted by molar-refractivity contribution is 7.90. The first-order chi connectivity index (χ1) is 11.0. The fourth-order valence-corrected chi connectivity index (χ4v) is 2.51. The molecule has 23 heavy (non-hydrogen) atoms. The molecule has 0 aliphatic heterocycles. The molecule has 0 amide bonds. The molecule has 7 heteroatoms. The second-order valence-electron chi connectivity index (χ2n) is 5.19. The number of hydrogen-bond acceptors (Lipinski definition) is 4. The Morgan fingerprint density at radius 1 is 1.17 bits per heavy atom. The molecule has 0 saturated heterocycles. The molecule has 0 radical (unpaired) electrons. The van der Waals surface area contributed by atoms with Gasteiger partial charge < -0.3 is 15.4 Å². The predicted octanol–water partition coefficient (Wildman–Crippen LogP) is 1.45. The van der Waals surface area contributed by atoms with Gasteiger partial charge in [-0.2, -0.15) is 0 Å². The highest BCUT2D eigenvalue weighted by Crippen LogP contribution is 2.08. The van der Waals surface area contributed by atoms with Crippen LogP contribution in [0.2, 0.25) is 0 Å². The molecular weight excluding hydrogens is 314 g/mol. The molecule has 6 nitrogen and oxygen atoms in total. The first kappa shape index (κ1) is 19.3. The average molecular weight is 341 g/mol. The summed E-state index contributed by atoms with van der Waals surface area (Å²) in [4.78, 5) is 4.44. The molecule has 0 aliphatic rings. The molecule has 2 N–H and O–H groups in total. The van der Waals surface area contributed by atoms with E-state index in [1.807, 2.05) is 37.3 Å². The molecule has 130 valence electrons. The molecule has 0 saturated carbocycles. The maximum Gasteiger partial charge on any atom is 0.191 e. The fraction of sp³-hybridized carbons (Fsp3) is 0.562. The van der Waals surface area contributed by atoms with E-state index >= 15 is 0 Å². The van der Waals surface area contributed by atoms with Gasteiger partial charge in [-0.1, -0.05) is 18.2 Å². The topological polar surface area (TPSA) is 79.8 Å². The van der Waals surface area contributed by atoms with Crippen molar-refractivity contribution in [2.75, 3.05) is 38.2 Å². The predicted molar refractivity (Wildman–Crippen MR) is 94.9 cm³/mol. The van der Waals surface area contributed by atoms with Gasteiger partial charge in [0.2, 0.25) is 0 Å². The van der Waals surface area contributed by atoms with Crippen molar-refractivity contribution >= 4 is 15.8 Å². The van der Waals surface area contributed by atoms with Gasteiger partial charge >= 0.3 is 0 Å². The van der Waals surface area contributed by atoms with E-state index in [4.69, 9.17) is 4.74 Å². The van der Waals surface area contributed by atoms with Crippen molar-refractivity contribution in [2.45, 2.75) is 19.8 Å². The molecule has 0 aliphatic carbocycles. The minimum atomic E-state index is -2.90. The standard InChI is InChI=1S/C16H27N3O3S/c1-3-17-16(19-12-8-14-23(2,20)21)18-11-7-13-22-15-9-5-4-6-10-15/h4-6,9-10H,3,7-8,11-14H2,1-2H3,(H2,17,18,19). The van der Waals surface area contributed by atoms with Crippen LogP contribution in [0.4, 0.5) is 0 Å². The van der Waals surface area contributed by atoms with E-state index in [1.54, 1.807) is 0 Å². The first-order valence-electron chi connectivity index (χ1n) is 7.89. The van der Waals surface area contributed by atoms with Crippen molar-refractivity contribution in [3.8, 4) is 5.75 Å². The zero-order valence-electron chi connectivity index (χ0n) is 13.9. The molecule has 1 aromatic carbocycles. The SMILES string of the molecule is CCNC(=NCCCOc1ccccc1)NCCCS(C)(=O)=O. The van der Waals surface area contributed by atoms with E-state index in [0.29, 0.717) is 32.1 Å². The lowest BCUT2D eigenvalue weighted by Gasteiger charge is -2.11.